The van der Waals surface area contributed by atoms with Crippen LogP contribution in [0.3, 0.4) is 0 Å². The summed E-state index contributed by atoms with van der Waals surface area (Å²) < 4.78 is 0. The largest absolute Gasteiger partial charge is 0.309 e. The summed E-state index contributed by atoms with van der Waals surface area (Å²) in [6.07, 6.45) is 3.85. The third kappa shape index (κ3) is 3.74. The van der Waals surface area contributed by atoms with Crippen LogP contribution in [-0.2, 0) is 6.42 Å². The average Bonchev–Trinajstić information content (AvgIpc) is 3.31. The fourth-order valence-corrected chi connectivity index (χ4v) is 3.01. The van der Waals surface area contributed by atoms with E-state index >= 15 is 0 Å². The van der Waals surface area contributed by atoms with Gasteiger partial charge in [-0.1, -0.05) is 54.1 Å². The van der Waals surface area contributed by atoms with Gasteiger partial charge in [0.15, 0.2) is 0 Å². The molecule has 0 aliphatic heterocycles. The fraction of sp³-hybridized carbons (Fsp3) is 0.400. The molecule has 0 saturated heterocycles. The molecule has 1 fully saturated rings. The van der Waals surface area contributed by atoms with Gasteiger partial charge in [0.25, 0.3) is 0 Å². The summed E-state index contributed by atoms with van der Waals surface area (Å²) in [6, 6.07) is 18.3. The van der Waals surface area contributed by atoms with E-state index < -0.39 is 0 Å². The molecule has 1 aliphatic rings. The van der Waals surface area contributed by atoms with Crippen LogP contribution >= 0.6 is 0 Å². The second kappa shape index (κ2) is 6.44. The van der Waals surface area contributed by atoms with Gasteiger partial charge in [-0.05, 0) is 62.3 Å². The van der Waals surface area contributed by atoms with Crippen LogP contribution in [0.2, 0.25) is 0 Å². The Kier molecular flexibility index (Phi) is 4.40. The number of hydrogen-bond acceptors (Lipinski definition) is 1. The number of aryl methyl sites for hydroxylation is 2. The first-order valence-corrected chi connectivity index (χ1v) is 8.08. The fourth-order valence-electron chi connectivity index (χ4n) is 3.01. The van der Waals surface area contributed by atoms with Crippen LogP contribution in [-0.4, -0.2) is 6.54 Å². The van der Waals surface area contributed by atoms with Gasteiger partial charge in [-0.25, -0.2) is 0 Å². The summed E-state index contributed by atoms with van der Waals surface area (Å²) in [5, 5.41) is 3.79. The maximum Gasteiger partial charge on any atom is 0.0348 e. The van der Waals surface area contributed by atoms with E-state index in [0.717, 1.165) is 18.9 Å². The highest BCUT2D eigenvalue weighted by atomic mass is 14.9. The predicted octanol–water partition coefficient (Wildman–Crippen LogP) is 4.59. The van der Waals surface area contributed by atoms with Crippen molar-refractivity contribution < 1.29 is 0 Å². The molecule has 3 rings (SSSR count). The van der Waals surface area contributed by atoms with E-state index in [-0.39, 0.29) is 0 Å². The molecule has 1 unspecified atom stereocenters. The van der Waals surface area contributed by atoms with Gasteiger partial charge in [0.1, 0.15) is 0 Å². The topological polar surface area (TPSA) is 12.0 Å². The molecule has 0 spiro atoms. The minimum absolute atomic E-state index is 0.537. The molecule has 1 N–H and O–H groups in total. The van der Waals surface area contributed by atoms with E-state index in [1.54, 1.807) is 0 Å². The molecule has 21 heavy (non-hydrogen) atoms. The lowest BCUT2D eigenvalue weighted by Crippen LogP contribution is -2.25. The lowest BCUT2D eigenvalue weighted by molar-refractivity contribution is 0.484. The molecule has 1 saturated carbocycles. The zero-order valence-electron chi connectivity index (χ0n) is 13.1. The Labute approximate surface area is 128 Å². The van der Waals surface area contributed by atoms with Crippen LogP contribution in [0.4, 0.5) is 0 Å². The molecule has 1 nitrogen and oxygen atoms in total. The monoisotopic (exact) mass is 279 g/mol. The summed E-state index contributed by atoms with van der Waals surface area (Å²) in [7, 11) is 0. The van der Waals surface area contributed by atoms with Crippen molar-refractivity contribution in [1.29, 1.82) is 0 Å². The Morgan fingerprint density at radius 3 is 2.38 bits per heavy atom. The molecule has 0 amide bonds. The van der Waals surface area contributed by atoms with Gasteiger partial charge in [-0.15, -0.1) is 0 Å². The van der Waals surface area contributed by atoms with Crippen molar-refractivity contribution in [3.63, 3.8) is 0 Å². The number of rotatable bonds is 6. The van der Waals surface area contributed by atoms with Crippen molar-refractivity contribution in [2.45, 2.75) is 39.2 Å². The summed E-state index contributed by atoms with van der Waals surface area (Å²) in [6.45, 7) is 5.41. The zero-order chi connectivity index (χ0) is 14.7. The Morgan fingerprint density at radius 1 is 1.00 bits per heavy atom. The molecule has 110 valence electrons. The molecule has 1 atom stereocenters. The van der Waals surface area contributed by atoms with Crippen molar-refractivity contribution in [2.75, 3.05) is 6.54 Å². The van der Waals surface area contributed by atoms with Crippen LogP contribution < -0.4 is 5.32 Å². The van der Waals surface area contributed by atoms with Crippen molar-refractivity contribution in [3.05, 3.63) is 70.8 Å². The number of benzene rings is 2. The van der Waals surface area contributed by atoms with Gasteiger partial charge in [0.2, 0.25) is 0 Å². The second-order valence-corrected chi connectivity index (χ2v) is 6.36. The zero-order valence-corrected chi connectivity index (χ0v) is 13.1. The molecule has 1 aliphatic carbocycles. The van der Waals surface area contributed by atoms with E-state index in [1.807, 2.05) is 0 Å². The molecule has 0 radical (unpaired) electrons. The maximum atomic E-state index is 3.79. The van der Waals surface area contributed by atoms with Crippen molar-refractivity contribution in [3.8, 4) is 0 Å². The molecule has 0 aromatic heterocycles. The van der Waals surface area contributed by atoms with E-state index in [2.05, 4.69) is 67.7 Å². The molecule has 0 heterocycles. The van der Waals surface area contributed by atoms with Gasteiger partial charge < -0.3 is 5.32 Å². The highest BCUT2D eigenvalue weighted by Gasteiger charge is 2.31. The molecule has 2 aromatic carbocycles. The standard InChI is InChI=1S/C20H25N/c1-15-7-9-18(10-8-15)20(19-11-12-19)21-14-13-17-6-4-3-5-16(17)2/h3-10,19-21H,11-14H2,1-2H3. The minimum Gasteiger partial charge on any atom is -0.309 e. The Balaban J connectivity index is 1.61. The Bertz CT molecular complexity index is 581. The smallest absolute Gasteiger partial charge is 0.0348 e. The van der Waals surface area contributed by atoms with E-state index in [9.17, 15) is 0 Å². The van der Waals surface area contributed by atoms with Gasteiger partial charge in [-0.3, -0.25) is 0 Å². The Hall–Kier alpha value is -1.60. The van der Waals surface area contributed by atoms with E-state index in [0.29, 0.717) is 6.04 Å². The van der Waals surface area contributed by atoms with Gasteiger partial charge in [0.05, 0.1) is 0 Å². The quantitative estimate of drug-likeness (QED) is 0.815. The predicted molar refractivity (Wildman–Crippen MR) is 89.5 cm³/mol. The number of hydrogen-bond donors (Lipinski definition) is 1. The highest BCUT2D eigenvalue weighted by molar-refractivity contribution is 5.27. The van der Waals surface area contributed by atoms with Crippen LogP contribution in [0, 0.1) is 19.8 Å². The second-order valence-electron chi connectivity index (χ2n) is 6.36. The lowest BCUT2D eigenvalue weighted by atomic mass is 10.0. The maximum absolute atomic E-state index is 3.79. The van der Waals surface area contributed by atoms with Gasteiger partial charge in [0, 0.05) is 6.04 Å². The molecular weight excluding hydrogens is 254 g/mol. The first kappa shape index (κ1) is 14.3. The lowest BCUT2D eigenvalue weighted by Gasteiger charge is -2.19. The summed E-state index contributed by atoms with van der Waals surface area (Å²) in [4.78, 5) is 0. The Morgan fingerprint density at radius 2 is 1.71 bits per heavy atom. The molecule has 1 heteroatoms. The molecule has 2 aromatic rings. The van der Waals surface area contributed by atoms with Gasteiger partial charge >= 0.3 is 0 Å². The summed E-state index contributed by atoms with van der Waals surface area (Å²) in [5.41, 5.74) is 5.65. The normalized spacial score (nSPS) is 15.9. The van der Waals surface area contributed by atoms with Crippen LogP contribution in [0.1, 0.15) is 41.1 Å². The van der Waals surface area contributed by atoms with Crippen molar-refractivity contribution in [1.82, 2.24) is 5.32 Å². The van der Waals surface area contributed by atoms with Crippen molar-refractivity contribution >= 4 is 0 Å². The van der Waals surface area contributed by atoms with E-state index in [1.165, 1.54) is 35.1 Å². The van der Waals surface area contributed by atoms with Crippen LogP contribution in [0.5, 0.6) is 0 Å². The summed E-state index contributed by atoms with van der Waals surface area (Å²) in [5.74, 6) is 0.838. The third-order valence-corrected chi connectivity index (χ3v) is 4.55. The molecule has 0 bridgehead atoms. The van der Waals surface area contributed by atoms with E-state index in [4.69, 9.17) is 0 Å². The summed E-state index contributed by atoms with van der Waals surface area (Å²) >= 11 is 0. The molecular formula is C20H25N. The number of nitrogens with one attached hydrogen (secondary N) is 1. The average molecular weight is 279 g/mol. The third-order valence-electron chi connectivity index (χ3n) is 4.55. The van der Waals surface area contributed by atoms with Crippen LogP contribution in [0.25, 0.3) is 0 Å². The van der Waals surface area contributed by atoms with Gasteiger partial charge in [-0.2, -0.15) is 0 Å². The minimum atomic E-state index is 0.537. The highest BCUT2D eigenvalue weighted by Crippen LogP contribution is 2.40. The van der Waals surface area contributed by atoms with Crippen molar-refractivity contribution in [2.24, 2.45) is 5.92 Å². The first-order valence-electron chi connectivity index (χ1n) is 8.08. The first-order chi connectivity index (χ1) is 10.2. The van der Waals surface area contributed by atoms with Crippen LogP contribution in [0.15, 0.2) is 48.5 Å². The SMILES string of the molecule is Cc1ccc(C(NCCc2ccccc2C)C2CC2)cc1.